The molecule has 2 aliphatic rings. The predicted molar refractivity (Wildman–Crippen MR) is 122 cm³/mol. The maximum atomic E-state index is 12.8. The minimum atomic E-state index is -0.389. The molecule has 0 saturated carbocycles. The zero-order chi connectivity index (χ0) is 21.8. The number of likely N-dealkylation sites (tertiary alicyclic amines) is 1. The standard InChI is InChI=1S/C23H27ClN4O3/c24-19-6-3-17(4-7-19)16-26-13-9-20(10-14-26)25-23(29)18-5-8-21(22(15-18)28(30)31)27-11-1-2-12-27/h3-8,15,20H,1-2,9-14,16H2,(H,25,29). The number of carbonyl (C=O) groups is 1. The van der Waals surface area contributed by atoms with Crippen molar-refractivity contribution < 1.29 is 9.72 Å². The van der Waals surface area contributed by atoms with Gasteiger partial charge in [-0.3, -0.25) is 19.8 Å². The van der Waals surface area contributed by atoms with E-state index in [2.05, 4.69) is 10.2 Å². The minimum Gasteiger partial charge on any atom is -0.366 e. The molecule has 1 amide bonds. The summed E-state index contributed by atoms with van der Waals surface area (Å²) in [6.45, 7) is 4.28. The number of halogens is 1. The lowest BCUT2D eigenvalue weighted by molar-refractivity contribution is -0.384. The molecule has 2 aromatic rings. The molecule has 0 atom stereocenters. The van der Waals surface area contributed by atoms with Gasteiger partial charge >= 0.3 is 0 Å². The Kier molecular flexibility index (Phi) is 6.73. The second-order valence-electron chi connectivity index (χ2n) is 8.31. The van der Waals surface area contributed by atoms with E-state index in [1.165, 1.54) is 11.6 Å². The Hall–Kier alpha value is -2.64. The summed E-state index contributed by atoms with van der Waals surface area (Å²) in [7, 11) is 0. The smallest absolute Gasteiger partial charge is 0.293 e. The van der Waals surface area contributed by atoms with Crippen LogP contribution in [0.25, 0.3) is 0 Å². The Labute approximate surface area is 187 Å². The molecule has 31 heavy (non-hydrogen) atoms. The third-order valence-corrected chi connectivity index (χ3v) is 6.38. The van der Waals surface area contributed by atoms with Crippen LogP contribution >= 0.6 is 11.6 Å². The van der Waals surface area contributed by atoms with Crippen molar-refractivity contribution in [1.29, 1.82) is 0 Å². The summed E-state index contributed by atoms with van der Waals surface area (Å²) in [4.78, 5) is 28.3. The lowest BCUT2D eigenvalue weighted by atomic mass is 10.0. The predicted octanol–water partition coefficient (Wildman–Crippen LogP) is 4.24. The van der Waals surface area contributed by atoms with Gasteiger partial charge in [0, 0.05) is 55.4 Å². The highest BCUT2D eigenvalue weighted by Gasteiger charge is 2.25. The van der Waals surface area contributed by atoms with Crippen molar-refractivity contribution >= 4 is 28.9 Å². The quantitative estimate of drug-likeness (QED) is 0.534. The lowest BCUT2D eigenvalue weighted by Crippen LogP contribution is -2.44. The first-order valence-corrected chi connectivity index (χ1v) is 11.2. The molecule has 164 valence electrons. The number of hydrogen-bond donors (Lipinski definition) is 1. The second-order valence-corrected chi connectivity index (χ2v) is 8.74. The van der Waals surface area contributed by atoms with E-state index in [4.69, 9.17) is 11.6 Å². The molecule has 2 aromatic carbocycles. The first-order chi connectivity index (χ1) is 15.0. The third-order valence-electron chi connectivity index (χ3n) is 6.12. The second kappa shape index (κ2) is 9.66. The van der Waals surface area contributed by atoms with Crippen molar-refractivity contribution in [2.75, 3.05) is 31.1 Å². The van der Waals surface area contributed by atoms with Gasteiger partial charge in [-0.15, -0.1) is 0 Å². The van der Waals surface area contributed by atoms with E-state index in [1.807, 2.05) is 29.2 Å². The molecule has 2 fully saturated rings. The van der Waals surface area contributed by atoms with Crippen molar-refractivity contribution in [2.45, 2.75) is 38.3 Å². The van der Waals surface area contributed by atoms with E-state index in [-0.39, 0.29) is 22.6 Å². The Morgan fingerprint density at radius 2 is 1.74 bits per heavy atom. The van der Waals surface area contributed by atoms with Crippen molar-refractivity contribution in [3.8, 4) is 0 Å². The van der Waals surface area contributed by atoms with Gasteiger partial charge in [-0.05, 0) is 55.5 Å². The van der Waals surface area contributed by atoms with Crippen molar-refractivity contribution in [3.05, 3.63) is 68.7 Å². The topological polar surface area (TPSA) is 78.7 Å². The fraction of sp³-hybridized carbons (Fsp3) is 0.435. The fourth-order valence-corrected chi connectivity index (χ4v) is 4.51. The monoisotopic (exact) mass is 442 g/mol. The van der Waals surface area contributed by atoms with Crippen molar-refractivity contribution in [1.82, 2.24) is 10.2 Å². The average molecular weight is 443 g/mol. The molecular formula is C23H27ClN4O3. The molecule has 0 spiro atoms. The van der Waals surface area contributed by atoms with Crippen LogP contribution in [0, 0.1) is 10.1 Å². The van der Waals surface area contributed by atoms with Gasteiger partial charge < -0.3 is 10.2 Å². The molecule has 0 bridgehead atoms. The number of benzene rings is 2. The third kappa shape index (κ3) is 5.35. The Bertz CT molecular complexity index is 936. The molecule has 0 aliphatic carbocycles. The number of nitro groups is 1. The number of anilines is 1. The molecule has 1 N–H and O–H groups in total. The van der Waals surface area contributed by atoms with Gasteiger partial charge in [0.25, 0.3) is 11.6 Å². The van der Waals surface area contributed by atoms with E-state index in [9.17, 15) is 14.9 Å². The summed E-state index contributed by atoms with van der Waals surface area (Å²) in [6.07, 6.45) is 3.78. The van der Waals surface area contributed by atoms with E-state index in [1.54, 1.807) is 12.1 Å². The molecule has 0 radical (unpaired) electrons. The van der Waals surface area contributed by atoms with Crippen LogP contribution in [0.2, 0.25) is 5.02 Å². The van der Waals surface area contributed by atoms with Gasteiger partial charge in [-0.25, -0.2) is 0 Å². The van der Waals surface area contributed by atoms with Gasteiger partial charge in [-0.2, -0.15) is 0 Å². The highest BCUT2D eigenvalue weighted by Crippen LogP contribution is 2.31. The Morgan fingerprint density at radius 1 is 1.06 bits per heavy atom. The zero-order valence-electron chi connectivity index (χ0n) is 17.4. The van der Waals surface area contributed by atoms with E-state index in [0.717, 1.165) is 63.4 Å². The van der Waals surface area contributed by atoms with Gasteiger partial charge in [0.15, 0.2) is 0 Å². The summed E-state index contributed by atoms with van der Waals surface area (Å²) in [5.41, 5.74) is 2.18. The highest BCUT2D eigenvalue weighted by molar-refractivity contribution is 6.30. The Morgan fingerprint density at radius 3 is 2.39 bits per heavy atom. The first kappa shape index (κ1) is 21.6. The molecule has 4 rings (SSSR count). The maximum Gasteiger partial charge on any atom is 0.293 e. The van der Waals surface area contributed by atoms with E-state index >= 15 is 0 Å². The van der Waals surface area contributed by atoms with Gasteiger partial charge in [-0.1, -0.05) is 23.7 Å². The average Bonchev–Trinajstić information content (AvgIpc) is 3.31. The lowest BCUT2D eigenvalue weighted by Gasteiger charge is -2.32. The van der Waals surface area contributed by atoms with E-state index in [0.29, 0.717) is 11.3 Å². The summed E-state index contributed by atoms with van der Waals surface area (Å²) in [6, 6.07) is 12.8. The van der Waals surface area contributed by atoms with Crippen LogP contribution in [0.4, 0.5) is 11.4 Å². The number of piperidine rings is 1. The number of amides is 1. The van der Waals surface area contributed by atoms with Gasteiger partial charge in [0.05, 0.1) is 4.92 Å². The first-order valence-electron chi connectivity index (χ1n) is 10.8. The molecule has 0 unspecified atom stereocenters. The van der Waals surface area contributed by atoms with Crippen LogP contribution in [0.3, 0.4) is 0 Å². The fourth-order valence-electron chi connectivity index (χ4n) is 4.39. The summed E-state index contributed by atoms with van der Waals surface area (Å²) >= 11 is 5.95. The number of nitrogens with zero attached hydrogens (tertiary/aromatic N) is 3. The minimum absolute atomic E-state index is 0.00679. The number of nitro benzene ring substituents is 1. The molecular weight excluding hydrogens is 416 g/mol. The number of carbonyl (C=O) groups excluding carboxylic acids is 1. The normalized spacial score (nSPS) is 17.6. The molecule has 8 heteroatoms. The van der Waals surface area contributed by atoms with Gasteiger partial charge in [0.1, 0.15) is 5.69 Å². The van der Waals surface area contributed by atoms with Crippen molar-refractivity contribution in [3.63, 3.8) is 0 Å². The van der Waals surface area contributed by atoms with Crippen LogP contribution in [0.15, 0.2) is 42.5 Å². The zero-order valence-corrected chi connectivity index (χ0v) is 18.2. The maximum absolute atomic E-state index is 12.8. The molecule has 2 heterocycles. The summed E-state index contributed by atoms with van der Waals surface area (Å²) in [5, 5.41) is 15.4. The van der Waals surface area contributed by atoms with Gasteiger partial charge in [0.2, 0.25) is 0 Å². The Balaban J connectivity index is 1.34. The van der Waals surface area contributed by atoms with Crippen LogP contribution in [0.1, 0.15) is 41.6 Å². The van der Waals surface area contributed by atoms with Crippen LogP contribution in [-0.4, -0.2) is 48.0 Å². The van der Waals surface area contributed by atoms with E-state index < -0.39 is 0 Å². The molecule has 2 aliphatic heterocycles. The van der Waals surface area contributed by atoms with Crippen LogP contribution in [0.5, 0.6) is 0 Å². The van der Waals surface area contributed by atoms with Crippen LogP contribution in [-0.2, 0) is 6.54 Å². The summed E-state index contributed by atoms with van der Waals surface area (Å²) < 4.78 is 0. The largest absolute Gasteiger partial charge is 0.366 e. The van der Waals surface area contributed by atoms with Crippen LogP contribution < -0.4 is 10.2 Å². The summed E-state index contributed by atoms with van der Waals surface area (Å²) in [5.74, 6) is -0.243. The molecule has 0 aromatic heterocycles. The SMILES string of the molecule is O=C(NC1CCN(Cc2ccc(Cl)cc2)CC1)c1ccc(N2CCCC2)c([N+](=O)[O-])c1. The highest BCUT2D eigenvalue weighted by atomic mass is 35.5. The van der Waals surface area contributed by atoms with Crippen molar-refractivity contribution in [2.24, 2.45) is 0 Å². The molecule has 7 nitrogen and oxygen atoms in total. The number of hydrogen-bond acceptors (Lipinski definition) is 5. The number of nitrogens with one attached hydrogen (secondary N) is 1. The number of rotatable bonds is 6. The molecule has 2 saturated heterocycles.